The number of methoxy groups -OCH3 is 2. The molecule has 3 aromatic rings. The van der Waals surface area contributed by atoms with Gasteiger partial charge in [0, 0.05) is 0 Å². The Morgan fingerprint density at radius 2 is 1.30 bits per heavy atom. The van der Waals surface area contributed by atoms with Crippen LogP contribution in [-0.2, 0) is 15.6 Å². The maximum Gasteiger partial charge on any atom is 0.261 e. The van der Waals surface area contributed by atoms with Gasteiger partial charge in [0.2, 0.25) is 0 Å². The third-order valence-corrected chi connectivity index (χ3v) is 12.6. The second-order valence-electron chi connectivity index (χ2n) is 11.0. The lowest BCUT2D eigenvalue weighted by atomic mass is 9.95. The Balaban J connectivity index is 1.57. The highest BCUT2D eigenvalue weighted by Gasteiger charge is 2.52. The van der Waals surface area contributed by atoms with Crippen molar-refractivity contribution < 1.29 is 18.6 Å². The minimum atomic E-state index is -2.62. The SMILES string of the molecule is COc1ccc(CCO[C@@H]2CCCC[C@@H]2O[Si](c2ccccc2)(c2ccccc2)C(C)(C)C)cc1OC. The Kier molecular flexibility index (Phi) is 9.11. The van der Waals surface area contributed by atoms with E-state index < -0.39 is 8.32 Å². The van der Waals surface area contributed by atoms with Gasteiger partial charge < -0.3 is 18.6 Å². The van der Waals surface area contributed by atoms with Gasteiger partial charge in [-0.2, -0.15) is 0 Å². The van der Waals surface area contributed by atoms with Crippen LogP contribution in [0.4, 0.5) is 0 Å². The summed E-state index contributed by atoms with van der Waals surface area (Å²) in [4.78, 5) is 0. The van der Waals surface area contributed by atoms with E-state index >= 15 is 0 Å². The Labute approximate surface area is 224 Å². The van der Waals surface area contributed by atoms with Crippen LogP contribution >= 0.6 is 0 Å². The van der Waals surface area contributed by atoms with Crippen molar-refractivity contribution in [2.75, 3.05) is 20.8 Å². The average Bonchev–Trinajstić information content (AvgIpc) is 2.92. The second-order valence-corrected chi connectivity index (χ2v) is 15.2. The van der Waals surface area contributed by atoms with Crippen LogP contribution in [0.1, 0.15) is 52.0 Å². The monoisotopic (exact) mass is 518 g/mol. The second kappa shape index (κ2) is 12.3. The van der Waals surface area contributed by atoms with Crippen molar-refractivity contribution in [3.05, 3.63) is 84.4 Å². The highest BCUT2D eigenvalue weighted by Crippen LogP contribution is 2.39. The lowest BCUT2D eigenvalue weighted by Crippen LogP contribution is -2.68. The van der Waals surface area contributed by atoms with Gasteiger partial charge in [-0.05, 0) is 52.4 Å². The highest BCUT2D eigenvalue weighted by atomic mass is 28.4. The molecular formula is C32H42O4Si. The molecule has 4 rings (SSSR count). The van der Waals surface area contributed by atoms with Crippen LogP contribution < -0.4 is 19.8 Å². The van der Waals surface area contributed by atoms with E-state index in [4.69, 9.17) is 18.6 Å². The summed E-state index contributed by atoms with van der Waals surface area (Å²) in [5, 5.41) is 2.60. The highest BCUT2D eigenvalue weighted by molar-refractivity contribution is 6.99. The number of hydrogen-bond acceptors (Lipinski definition) is 4. The Bertz CT molecular complexity index is 1070. The van der Waals surface area contributed by atoms with Gasteiger partial charge in [0.1, 0.15) is 0 Å². The van der Waals surface area contributed by atoms with Crippen LogP contribution in [0.3, 0.4) is 0 Å². The molecule has 37 heavy (non-hydrogen) atoms. The third kappa shape index (κ3) is 6.11. The van der Waals surface area contributed by atoms with E-state index in [0.29, 0.717) is 6.61 Å². The van der Waals surface area contributed by atoms with Gasteiger partial charge in [0.25, 0.3) is 8.32 Å². The third-order valence-electron chi connectivity index (χ3n) is 7.56. The molecule has 1 saturated carbocycles. The van der Waals surface area contributed by atoms with Crippen LogP contribution in [0.5, 0.6) is 11.5 Å². The van der Waals surface area contributed by atoms with Crippen molar-refractivity contribution in [1.82, 2.24) is 0 Å². The molecule has 2 atom stereocenters. The molecule has 0 saturated heterocycles. The van der Waals surface area contributed by atoms with Gasteiger partial charge in [0.15, 0.2) is 11.5 Å². The Morgan fingerprint density at radius 3 is 1.84 bits per heavy atom. The average molecular weight is 519 g/mol. The summed E-state index contributed by atoms with van der Waals surface area (Å²) in [6.45, 7) is 7.68. The van der Waals surface area contributed by atoms with Gasteiger partial charge in [-0.15, -0.1) is 0 Å². The summed E-state index contributed by atoms with van der Waals surface area (Å²) in [6.07, 6.45) is 5.42. The summed E-state index contributed by atoms with van der Waals surface area (Å²) >= 11 is 0. The van der Waals surface area contributed by atoms with Crippen LogP contribution in [0.15, 0.2) is 78.9 Å². The van der Waals surface area contributed by atoms with Gasteiger partial charge in [0.05, 0.1) is 33.0 Å². The van der Waals surface area contributed by atoms with E-state index in [2.05, 4.69) is 87.5 Å². The fourth-order valence-corrected chi connectivity index (χ4v) is 10.4. The van der Waals surface area contributed by atoms with Crippen molar-refractivity contribution in [3.8, 4) is 11.5 Å². The zero-order valence-electron chi connectivity index (χ0n) is 23.0. The topological polar surface area (TPSA) is 36.9 Å². The molecule has 0 unspecified atom stereocenters. The first-order valence-electron chi connectivity index (χ1n) is 13.5. The molecule has 1 fully saturated rings. The maximum absolute atomic E-state index is 7.48. The molecule has 198 valence electrons. The maximum atomic E-state index is 7.48. The standard InChI is InChI=1S/C32H42O4Si/c1-32(2,3)37(26-14-8-6-9-15-26,27-16-10-7-11-17-27)36-30-19-13-12-18-29(30)35-23-22-25-20-21-28(33-4)31(24-25)34-5/h6-11,14-17,20-21,24,29-30H,12-13,18-19,22-23H2,1-5H3/t29-,30+/m1/s1. The van der Waals surface area contributed by atoms with E-state index in [0.717, 1.165) is 30.8 Å². The first kappa shape index (κ1) is 27.4. The number of rotatable bonds is 10. The zero-order chi connectivity index (χ0) is 26.3. The first-order valence-corrected chi connectivity index (χ1v) is 15.4. The van der Waals surface area contributed by atoms with E-state index in [1.54, 1.807) is 14.2 Å². The first-order chi connectivity index (χ1) is 17.9. The van der Waals surface area contributed by atoms with Crippen LogP contribution in [0.25, 0.3) is 0 Å². The number of hydrogen-bond donors (Lipinski definition) is 0. The van der Waals surface area contributed by atoms with Crippen molar-refractivity contribution in [2.45, 2.75) is 70.1 Å². The predicted octanol–water partition coefficient (Wildman–Crippen LogP) is 6.15. The smallest absolute Gasteiger partial charge is 0.261 e. The summed E-state index contributed by atoms with van der Waals surface area (Å²) in [7, 11) is 0.721. The minimum Gasteiger partial charge on any atom is -0.493 e. The quantitative estimate of drug-likeness (QED) is 0.302. The largest absolute Gasteiger partial charge is 0.493 e. The molecule has 0 heterocycles. The molecule has 5 heteroatoms. The zero-order valence-corrected chi connectivity index (χ0v) is 24.0. The minimum absolute atomic E-state index is 0.0443. The summed E-state index contributed by atoms with van der Waals surface area (Å²) < 4.78 is 24.9. The fraction of sp³-hybridized carbons (Fsp3) is 0.438. The molecule has 0 radical (unpaired) electrons. The molecule has 0 amide bonds. The molecule has 0 aromatic heterocycles. The normalized spacial score (nSPS) is 18.4. The predicted molar refractivity (Wildman–Crippen MR) is 154 cm³/mol. The molecule has 3 aromatic carbocycles. The fourth-order valence-electron chi connectivity index (χ4n) is 5.67. The van der Waals surface area contributed by atoms with E-state index in [1.165, 1.54) is 28.8 Å². The van der Waals surface area contributed by atoms with Crippen molar-refractivity contribution in [3.63, 3.8) is 0 Å². The summed E-state index contributed by atoms with van der Waals surface area (Å²) in [6, 6.07) is 27.9. The van der Waals surface area contributed by atoms with Crippen LogP contribution in [-0.4, -0.2) is 41.4 Å². The molecule has 0 spiro atoms. The Morgan fingerprint density at radius 1 is 0.730 bits per heavy atom. The summed E-state index contributed by atoms with van der Waals surface area (Å²) in [5.74, 6) is 1.50. The number of ether oxygens (including phenoxy) is 3. The van der Waals surface area contributed by atoms with Crippen LogP contribution in [0, 0.1) is 0 Å². The molecule has 0 aliphatic heterocycles. The van der Waals surface area contributed by atoms with Gasteiger partial charge >= 0.3 is 0 Å². The van der Waals surface area contributed by atoms with E-state index in [9.17, 15) is 0 Å². The van der Waals surface area contributed by atoms with E-state index in [-0.39, 0.29) is 17.2 Å². The van der Waals surface area contributed by atoms with E-state index in [1.807, 2.05) is 12.1 Å². The lowest BCUT2D eigenvalue weighted by Gasteiger charge is -2.47. The van der Waals surface area contributed by atoms with Crippen molar-refractivity contribution >= 4 is 18.7 Å². The lowest BCUT2D eigenvalue weighted by molar-refractivity contribution is -0.0501. The van der Waals surface area contributed by atoms with Crippen LogP contribution in [0.2, 0.25) is 5.04 Å². The molecule has 0 bridgehead atoms. The van der Waals surface area contributed by atoms with Crippen molar-refractivity contribution in [1.29, 1.82) is 0 Å². The van der Waals surface area contributed by atoms with Gasteiger partial charge in [-0.25, -0.2) is 0 Å². The van der Waals surface area contributed by atoms with Crippen molar-refractivity contribution in [2.24, 2.45) is 0 Å². The summed E-state index contributed by atoms with van der Waals surface area (Å²) in [5.41, 5.74) is 1.18. The van der Waals surface area contributed by atoms with Gasteiger partial charge in [-0.1, -0.05) is 100 Å². The Hall–Kier alpha value is -2.60. The molecular weight excluding hydrogens is 476 g/mol. The molecule has 0 N–H and O–H groups in total. The molecule has 1 aliphatic carbocycles. The number of benzene rings is 3. The molecule has 1 aliphatic rings. The molecule has 4 nitrogen and oxygen atoms in total. The van der Waals surface area contributed by atoms with Gasteiger partial charge in [-0.3, -0.25) is 0 Å².